The lowest BCUT2D eigenvalue weighted by Gasteiger charge is -2.10. The van der Waals surface area contributed by atoms with Crippen molar-refractivity contribution in [2.45, 2.75) is 19.5 Å². The summed E-state index contributed by atoms with van der Waals surface area (Å²) in [4.78, 5) is 24.4. The Kier molecular flexibility index (Phi) is 4.99. The zero-order chi connectivity index (χ0) is 19.5. The zero-order valence-corrected chi connectivity index (χ0v) is 15.6. The lowest BCUT2D eigenvalue weighted by molar-refractivity contribution is -0.116. The number of amides is 1. The number of fused-ring (bicyclic) bond motifs is 1. The number of para-hydroxylation sites is 2. The summed E-state index contributed by atoms with van der Waals surface area (Å²) in [6, 6.07) is 16.3. The highest BCUT2D eigenvalue weighted by molar-refractivity contribution is 6.31. The van der Waals surface area contributed by atoms with Crippen molar-refractivity contribution in [3.05, 3.63) is 81.9 Å². The maximum atomic E-state index is 12.4. The molecule has 0 aliphatic rings. The molecule has 0 atom stereocenters. The van der Waals surface area contributed by atoms with Crippen LogP contribution in [0.15, 0.2) is 70.0 Å². The molecule has 1 amide bonds. The second-order valence-electron chi connectivity index (χ2n) is 6.25. The number of carbonyl (C=O) groups excluding carboxylic acids is 1. The molecule has 0 saturated heterocycles. The quantitative estimate of drug-likeness (QED) is 0.540. The van der Waals surface area contributed by atoms with Crippen LogP contribution in [0.2, 0.25) is 5.02 Å². The van der Waals surface area contributed by atoms with Crippen molar-refractivity contribution in [1.82, 2.24) is 14.3 Å². The summed E-state index contributed by atoms with van der Waals surface area (Å²) in [5, 5.41) is 7.72. The summed E-state index contributed by atoms with van der Waals surface area (Å²) in [5.41, 5.74) is 2.08. The largest absolute Gasteiger partial charge is 0.419 e. The van der Waals surface area contributed by atoms with Crippen LogP contribution in [0.25, 0.3) is 11.1 Å². The van der Waals surface area contributed by atoms with Gasteiger partial charge >= 0.3 is 5.76 Å². The molecule has 4 aromatic rings. The Bertz CT molecular complexity index is 1190. The Morgan fingerprint density at radius 1 is 1.11 bits per heavy atom. The molecule has 4 rings (SSSR count). The summed E-state index contributed by atoms with van der Waals surface area (Å²) in [6.45, 7) is 0.661. The molecule has 7 nitrogen and oxygen atoms in total. The fourth-order valence-corrected chi connectivity index (χ4v) is 3.19. The predicted octanol–water partition coefficient (Wildman–Crippen LogP) is 3.52. The van der Waals surface area contributed by atoms with E-state index in [1.54, 1.807) is 35.1 Å². The molecule has 0 saturated carbocycles. The van der Waals surface area contributed by atoms with Gasteiger partial charge in [0.25, 0.3) is 0 Å². The second-order valence-corrected chi connectivity index (χ2v) is 6.66. The van der Waals surface area contributed by atoms with Gasteiger partial charge in [0.2, 0.25) is 5.91 Å². The van der Waals surface area contributed by atoms with Gasteiger partial charge in [-0.05, 0) is 23.8 Å². The molecular weight excluding hydrogens is 380 g/mol. The maximum absolute atomic E-state index is 12.4. The molecule has 0 bridgehead atoms. The minimum Gasteiger partial charge on any atom is -0.408 e. The first-order valence-corrected chi connectivity index (χ1v) is 9.13. The van der Waals surface area contributed by atoms with E-state index in [1.807, 2.05) is 30.3 Å². The molecule has 0 aliphatic heterocycles. The van der Waals surface area contributed by atoms with Gasteiger partial charge in [-0.1, -0.05) is 41.9 Å². The van der Waals surface area contributed by atoms with Crippen LogP contribution >= 0.6 is 11.6 Å². The molecule has 0 spiro atoms. The molecule has 0 aliphatic carbocycles. The van der Waals surface area contributed by atoms with Crippen LogP contribution in [0.1, 0.15) is 12.0 Å². The summed E-state index contributed by atoms with van der Waals surface area (Å²) >= 11 is 6.20. The average molecular weight is 397 g/mol. The Balaban J connectivity index is 1.43. The van der Waals surface area contributed by atoms with Crippen molar-refractivity contribution in [2.24, 2.45) is 0 Å². The topological polar surface area (TPSA) is 82.1 Å². The molecule has 0 radical (unpaired) electrons. The Morgan fingerprint density at radius 3 is 2.75 bits per heavy atom. The van der Waals surface area contributed by atoms with E-state index in [0.29, 0.717) is 28.5 Å². The first-order valence-electron chi connectivity index (χ1n) is 8.75. The van der Waals surface area contributed by atoms with E-state index in [-0.39, 0.29) is 18.9 Å². The summed E-state index contributed by atoms with van der Waals surface area (Å²) in [7, 11) is 0. The number of aryl methyl sites for hydroxylation is 1. The monoisotopic (exact) mass is 396 g/mol. The Labute approximate surface area is 165 Å². The number of oxazole rings is 1. The lowest BCUT2D eigenvalue weighted by atomic mass is 10.2. The Morgan fingerprint density at radius 2 is 1.89 bits per heavy atom. The first kappa shape index (κ1) is 18.1. The first-order chi connectivity index (χ1) is 13.6. The number of anilines is 1. The van der Waals surface area contributed by atoms with Crippen molar-refractivity contribution in [3.8, 4) is 0 Å². The zero-order valence-electron chi connectivity index (χ0n) is 14.8. The number of nitrogens with zero attached hydrogens (tertiary/aromatic N) is 3. The van der Waals surface area contributed by atoms with E-state index < -0.39 is 5.76 Å². The van der Waals surface area contributed by atoms with E-state index in [9.17, 15) is 9.59 Å². The van der Waals surface area contributed by atoms with Crippen molar-refractivity contribution in [1.29, 1.82) is 0 Å². The van der Waals surface area contributed by atoms with Crippen molar-refractivity contribution in [3.63, 3.8) is 0 Å². The fraction of sp³-hybridized carbons (Fsp3) is 0.150. The molecule has 2 heterocycles. The van der Waals surface area contributed by atoms with Crippen LogP contribution in [0.5, 0.6) is 0 Å². The summed E-state index contributed by atoms with van der Waals surface area (Å²) in [6.07, 6.45) is 1.74. The van der Waals surface area contributed by atoms with Crippen LogP contribution < -0.4 is 11.1 Å². The number of nitrogens with one attached hydrogen (secondary N) is 1. The minimum atomic E-state index is -0.474. The van der Waals surface area contributed by atoms with Crippen molar-refractivity contribution >= 4 is 34.4 Å². The third-order valence-corrected chi connectivity index (χ3v) is 4.77. The van der Waals surface area contributed by atoms with E-state index in [2.05, 4.69) is 10.4 Å². The third kappa shape index (κ3) is 3.70. The molecule has 28 heavy (non-hydrogen) atoms. The number of rotatable bonds is 6. The highest BCUT2D eigenvalue weighted by Crippen LogP contribution is 2.18. The molecular formula is C20H17ClN4O3. The molecule has 2 aromatic carbocycles. The van der Waals surface area contributed by atoms with Gasteiger partial charge in [0, 0.05) is 24.1 Å². The molecule has 2 aromatic heterocycles. The van der Waals surface area contributed by atoms with E-state index >= 15 is 0 Å². The maximum Gasteiger partial charge on any atom is 0.419 e. The highest BCUT2D eigenvalue weighted by Gasteiger charge is 2.12. The highest BCUT2D eigenvalue weighted by atomic mass is 35.5. The fourth-order valence-electron chi connectivity index (χ4n) is 3.00. The van der Waals surface area contributed by atoms with Gasteiger partial charge in [0.05, 0.1) is 18.3 Å². The van der Waals surface area contributed by atoms with E-state index in [1.165, 1.54) is 4.57 Å². The number of benzene rings is 2. The molecule has 142 valence electrons. The van der Waals surface area contributed by atoms with Gasteiger partial charge in [0.1, 0.15) is 5.82 Å². The number of halogens is 1. The van der Waals surface area contributed by atoms with Gasteiger partial charge in [-0.15, -0.1) is 0 Å². The van der Waals surface area contributed by atoms with Gasteiger partial charge < -0.3 is 9.73 Å². The molecule has 1 N–H and O–H groups in total. The van der Waals surface area contributed by atoms with E-state index in [4.69, 9.17) is 16.0 Å². The Hall–Kier alpha value is -3.32. The molecule has 8 heteroatoms. The van der Waals surface area contributed by atoms with Crippen LogP contribution in [0, 0.1) is 0 Å². The number of aromatic nitrogens is 3. The third-order valence-electron chi connectivity index (χ3n) is 4.40. The van der Waals surface area contributed by atoms with Gasteiger partial charge in [-0.3, -0.25) is 9.36 Å². The molecule has 0 fully saturated rings. The second kappa shape index (κ2) is 7.74. The van der Waals surface area contributed by atoms with Crippen LogP contribution in [-0.2, 0) is 17.9 Å². The summed E-state index contributed by atoms with van der Waals surface area (Å²) < 4.78 is 8.30. The van der Waals surface area contributed by atoms with Crippen LogP contribution in [-0.4, -0.2) is 20.3 Å². The molecule has 0 unspecified atom stereocenters. The van der Waals surface area contributed by atoms with Crippen LogP contribution in [0.3, 0.4) is 0 Å². The smallest absolute Gasteiger partial charge is 0.408 e. The van der Waals surface area contributed by atoms with E-state index in [0.717, 1.165) is 5.56 Å². The summed E-state index contributed by atoms with van der Waals surface area (Å²) in [5.74, 6) is -0.134. The van der Waals surface area contributed by atoms with Gasteiger partial charge in [-0.25, -0.2) is 9.48 Å². The van der Waals surface area contributed by atoms with Gasteiger partial charge in [-0.2, -0.15) is 5.10 Å². The number of hydrogen-bond acceptors (Lipinski definition) is 4. The standard InChI is InChI=1S/C20H17ClN4O3/c21-15-6-2-1-5-14(15)13-25-18(9-11-22-25)23-19(26)10-12-24-16-7-3-4-8-17(16)28-20(24)27/h1-9,11H,10,12-13H2,(H,23,26). The van der Waals surface area contributed by atoms with Crippen LogP contribution in [0.4, 0.5) is 5.82 Å². The SMILES string of the molecule is O=C(CCn1c(=O)oc2ccccc21)Nc1ccnn1Cc1ccccc1Cl. The minimum absolute atomic E-state index is 0.126. The number of hydrogen-bond donors (Lipinski definition) is 1. The average Bonchev–Trinajstić information content (AvgIpc) is 3.25. The van der Waals surface area contributed by atoms with Crippen molar-refractivity contribution < 1.29 is 9.21 Å². The van der Waals surface area contributed by atoms with Gasteiger partial charge in [0.15, 0.2) is 5.58 Å². The normalized spacial score (nSPS) is 11.0. The number of carbonyl (C=O) groups is 1. The lowest BCUT2D eigenvalue weighted by Crippen LogP contribution is -2.21. The predicted molar refractivity (Wildman–Crippen MR) is 107 cm³/mol. The van der Waals surface area contributed by atoms with Crippen molar-refractivity contribution in [2.75, 3.05) is 5.32 Å².